The van der Waals surface area contributed by atoms with E-state index < -0.39 is 0 Å². The summed E-state index contributed by atoms with van der Waals surface area (Å²) in [5.74, 6) is 0. The molecule has 1 aromatic carbocycles. The second kappa shape index (κ2) is 7.09. The Morgan fingerprint density at radius 3 is 2.88 bits per heavy atom. The molecule has 5 heteroatoms. The van der Waals surface area contributed by atoms with E-state index in [1.54, 1.807) is 6.07 Å². The van der Waals surface area contributed by atoms with Crippen molar-refractivity contribution in [3.8, 4) is 0 Å². The maximum Gasteiger partial charge on any atom is 0.107 e. The van der Waals surface area contributed by atoms with Crippen LogP contribution >= 0.6 is 35.6 Å². The van der Waals surface area contributed by atoms with Crippen molar-refractivity contribution < 1.29 is 0 Å². The molecule has 0 saturated heterocycles. The molecule has 0 aliphatic heterocycles. The van der Waals surface area contributed by atoms with Crippen LogP contribution in [0.3, 0.4) is 0 Å². The SMILES string of the molecule is CSC(C)CCNc1cccc(Cl)c1C(N)=S. The fraction of sp³-hybridized carbons (Fsp3) is 0.417. The molecule has 1 unspecified atom stereocenters. The van der Waals surface area contributed by atoms with Crippen molar-refractivity contribution in [3.63, 3.8) is 0 Å². The van der Waals surface area contributed by atoms with E-state index in [2.05, 4.69) is 18.5 Å². The van der Waals surface area contributed by atoms with E-state index >= 15 is 0 Å². The van der Waals surface area contributed by atoms with Crippen LogP contribution in [0.25, 0.3) is 0 Å². The molecule has 3 N–H and O–H groups in total. The Kier molecular flexibility index (Phi) is 6.09. The molecular formula is C12H17ClN2S2. The maximum absolute atomic E-state index is 6.08. The van der Waals surface area contributed by atoms with E-state index in [-0.39, 0.29) is 0 Å². The minimum Gasteiger partial charge on any atom is -0.389 e. The zero-order valence-corrected chi connectivity index (χ0v) is 12.4. The lowest BCUT2D eigenvalue weighted by Gasteiger charge is -2.14. The highest BCUT2D eigenvalue weighted by molar-refractivity contribution is 7.99. The summed E-state index contributed by atoms with van der Waals surface area (Å²) in [6.45, 7) is 3.09. The summed E-state index contributed by atoms with van der Waals surface area (Å²) in [7, 11) is 0. The maximum atomic E-state index is 6.08. The van der Waals surface area contributed by atoms with Crippen LogP contribution in [-0.2, 0) is 0 Å². The molecule has 0 spiro atoms. The second-order valence-corrected chi connectivity index (χ2v) is 5.91. The fourth-order valence-corrected chi connectivity index (χ4v) is 2.36. The van der Waals surface area contributed by atoms with Gasteiger partial charge in [0.2, 0.25) is 0 Å². The number of anilines is 1. The lowest BCUT2D eigenvalue weighted by Crippen LogP contribution is -2.15. The van der Waals surface area contributed by atoms with Gasteiger partial charge in [0.25, 0.3) is 0 Å². The van der Waals surface area contributed by atoms with E-state index in [0.29, 0.717) is 15.3 Å². The Bertz CT molecular complexity index is 396. The molecule has 0 radical (unpaired) electrons. The van der Waals surface area contributed by atoms with Crippen molar-refractivity contribution >= 4 is 46.3 Å². The molecule has 0 amide bonds. The molecule has 0 bridgehead atoms. The van der Waals surface area contributed by atoms with Crippen LogP contribution in [0.5, 0.6) is 0 Å². The van der Waals surface area contributed by atoms with Gasteiger partial charge < -0.3 is 11.1 Å². The fourth-order valence-electron chi connectivity index (χ4n) is 1.45. The number of halogens is 1. The number of hydrogen-bond donors (Lipinski definition) is 2. The summed E-state index contributed by atoms with van der Waals surface area (Å²) in [6, 6.07) is 5.64. The Balaban J connectivity index is 2.71. The van der Waals surface area contributed by atoms with Crippen LogP contribution in [0.4, 0.5) is 5.69 Å². The quantitative estimate of drug-likeness (QED) is 0.786. The first kappa shape index (κ1) is 14.6. The molecule has 0 fully saturated rings. The van der Waals surface area contributed by atoms with Crippen LogP contribution in [0, 0.1) is 0 Å². The van der Waals surface area contributed by atoms with Crippen LogP contribution in [0.1, 0.15) is 18.9 Å². The Hall–Kier alpha value is -0.450. The van der Waals surface area contributed by atoms with E-state index in [1.165, 1.54) is 0 Å². The summed E-state index contributed by atoms with van der Waals surface area (Å²) < 4.78 is 0. The normalized spacial score (nSPS) is 12.2. The highest BCUT2D eigenvalue weighted by Crippen LogP contribution is 2.24. The Labute approximate surface area is 117 Å². The molecule has 0 aliphatic rings. The van der Waals surface area contributed by atoms with E-state index in [9.17, 15) is 0 Å². The largest absolute Gasteiger partial charge is 0.389 e. The number of nitrogens with one attached hydrogen (secondary N) is 1. The van der Waals surface area contributed by atoms with Gasteiger partial charge in [0.05, 0.1) is 10.6 Å². The van der Waals surface area contributed by atoms with Crippen molar-refractivity contribution in [2.75, 3.05) is 18.1 Å². The molecule has 0 aromatic heterocycles. The average Bonchev–Trinajstić information content (AvgIpc) is 2.28. The summed E-state index contributed by atoms with van der Waals surface area (Å²) in [4.78, 5) is 0.330. The Morgan fingerprint density at radius 1 is 1.59 bits per heavy atom. The number of hydrogen-bond acceptors (Lipinski definition) is 3. The molecule has 0 heterocycles. The molecule has 1 aromatic rings. The van der Waals surface area contributed by atoms with Crippen molar-refractivity contribution in [2.45, 2.75) is 18.6 Å². The van der Waals surface area contributed by atoms with Gasteiger partial charge in [-0.05, 0) is 24.8 Å². The zero-order valence-electron chi connectivity index (χ0n) is 10.00. The summed E-state index contributed by atoms with van der Waals surface area (Å²) in [6.07, 6.45) is 3.20. The molecular weight excluding hydrogens is 272 g/mol. The summed E-state index contributed by atoms with van der Waals surface area (Å²) in [5, 5.41) is 4.57. The molecule has 1 atom stereocenters. The molecule has 0 aliphatic carbocycles. The van der Waals surface area contributed by atoms with E-state index in [1.807, 2.05) is 23.9 Å². The van der Waals surface area contributed by atoms with E-state index in [0.717, 1.165) is 24.2 Å². The van der Waals surface area contributed by atoms with Crippen molar-refractivity contribution in [3.05, 3.63) is 28.8 Å². The van der Waals surface area contributed by atoms with Gasteiger partial charge in [0.15, 0.2) is 0 Å². The van der Waals surface area contributed by atoms with Gasteiger partial charge in [0, 0.05) is 17.5 Å². The highest BCUT2D eigenvalue weighted by Gasteiger charge is 2.09. The van der Waals surface area contributed by atoms with Gasteiger partial charge in [-0.15, -0.1) is 0 Å². The van der Waals surface area contributed by atoms with Crippen LogP contribution in [0.2, 0.25) is 5.02 Å². The number of thiocarbonyl (C=S) groups is 1. The molecule has 17 heavy (non-hydrogen) atoms. The predicted molar refractivity (Wildman–Crippen MR) is 83.4 cm³/mol. The van der Waals surface area contributed by atoms with E-state index in [4.69, 9.17) is 29.6 Å². The van der Waals surface area contributed by atoms with Gasteiger partial charge in [-0.2, -0.15) is 11.8 Å². The van der Waals surface area contributed by atoms with Crippen molar-refractivity contribution in [2.24, 2.45) is 5.73 Å². The van der Waals surface area contributed by atoms with Gasteiger partial charge in [0.1, 0.15) is 4.99 Å². The average molecular weight is 289 g/mol. The van der Waals surface area contributed by atoms with Crippen LogP contribution in [0.15, 0.2) is 18.2 Å². The number of benzene rings is 1. The van der Waals surface area contributed by atoms with Gasteiger partial charge >= 0.3 is 0 Å². The monoisotopic (exact) mass is 288 g/mol. The van der Waals surface area contributed by atoms with Gasteiger partial charge in [-0.25, -0.2) is 0 Å². The summed E-state index contributed by atoms with van der Waals surface area (Å²) >= 11 is 12.9. The van der Waals surface area contributed by atoms with Crippen molar-refractivity contribution in [1.82, 2.24) is 0 Å². The smallest absolute Gasteiger partial charge is 0.107 e. The van der Waals surface area contributed by atoms with Crippen molar-refractivity contribution in [1.29, 1.82) is 0 Å². The molecule has 94 valence electrons. The highest BCUT2D eigenvalue weighted by atomic mass is 35.5. The number of nitrogens with two attached hydrogens (primary N) is 1. The standard InChI is InChI=1S/C12H17ClN2S2/c1-8(17-2)6-7-15-10-5-3-4-9(13)11(10)12(14)16/h3-5,8,15H,6-7H2,1-2H3,(H2,14,16). The summed E-state index contributed by atoms with van der Waals surface area (Å²) in [5.41, 5.74) is 7.33. The third-order valence-corrected chi connectivity index (χ3v) is 4.09. The second-order valence-electron chi connectivity index (χ2n) is 3.79. The first-order valence-electron chi connectivity index (χ1n) is 5.41. The first-order valence-corrected chi connectivity index (χ1v) is 7.48. The van der Waals surface area contributed by atoms with Gasteiger partial charge in [-0.3, -0.25) is 0 Å². The van der Waals surface area contributed by atoms with Gasteiger partial charge in [-0.1, -0.05) is 36.8 Å². The topological polar surface area (TPSA) is 38.0 Å². The number of rotatable bonds is 6. The lowest BCUT2D eigenvalue weighted by atomic mass is 10.1. The number of thioether (sulfide) groups is 1. The third kappa shape index (κ3) is 4.37. The molecule has 1 rings (SSSR count). The lowest BCUT2D eigenvalue weighted by molar-refractivity contribution is 0.853. The molecule has 0 saturated carbocycles. The first-order chi connectivity index (χ1) is 8.06. The Morgan fingerprint density at radius 2 is 2.29 bits per heavy atom. The van der Waals surface area contributed by atoms with Crippen LogP contribution < -0.4 is 11.1 Å². The molecule has 2 nitrogen and oxygen atoms in total. The minimum absolute atomic E-state index is 0.330. The minimum atomic E-state index is 0.330. The van der Waals surface area contributed by atoms with Crippen LogP contribution in [-0.4, -0.2) is 23.0 Å². The zero-order chi connectivity index (χ0) is 12.8. The predicted octanol–water partition coefficient (Wildman–Crippen LogP) is 3.53. The third-order valence-electron chi connectivity index (χ3n) is 2.53.